The van der Waals surface area contributed by atoms with Crippen molar-refractivity contribution in [2.75, 3.05) is 32.8 Å². The van der Waals surface area contributed by atoms with Gasteiger partial charge in [0, 0.05) is 18.0 Å². The molecule has 1 aromatic heterocycles. The maximum absolute atomic E-state index is 12.9. The summed E-state index contributed by atoms with van der Waals surface area (Å²) in [5, 5.41) is 5.25. The highest BCUT2D eigenvalue weighted by Crippen LogP contribution is 2.28. The lowest BCUT2D eigenvalue weighted by molar-refractivity contribution is 0.0670. The number of nitrogens with one attached hydrogen (secondary N) is 1. The molecule has 2 fully saturated rings. The summed E-state index contributed by atoms with van der Waals surface area (Å²) in [5.74, 6) is 0.549. The van der Waals surface area contributed by atoms with Gasteiger partial charge in [0.2, 0.25) is 0 Å². The maximum Gasteiger partial charge on any atom is 0.255 e. The van der Waals surface area contributed by atoms with E-state index in [2.05, 4.69) is 27.7 Å². The van der Waals surface area contributed by atoms with Crippen LogP contribution in [0, 0.1) is 0 Å². The molecule has 3 heterocycles. The predicted octanol–water partition coefficient (Wildman–Crippen LogP) is 3.87. The number of nitrogens with zero attached hydrogens (tertiary/aromatic N) is 1. The van der Waals surface area contributed by atoms with Crippen molar-refractivity contribution < 1.29 is 14.3 Å². The summed E-state index contributed by atoms with van der Waals surface area (Å²) in [5.41, 5.74) is 0.590. The van der Waals surface area contributed by atoms with Gasteiger partial charge in [-0.15, -0.1) is 11.3 Å². The average molecular weight is 401 g/mol. The Kier molecular flexibility index (Phi) is 6.62. The normalized spacial score (nSPS) is 20.9. The van der Waals surface area contributed by atoms with Crippen LogP contribution < -0.4 is 10.1 Å². The summed E-state index contributed by atoms with van der Waals surface area (Å²) in [6.07, 6.45) is 4.70. The average Bonchev–Trinajstić information content (AvgIpc) is 3.50. The molecule has 0 saturated carbocycles. The van der Waals surface area contributed by atoms with Gasteiger partial charge in [0.1, 0.15) is 12.4 Å². The van der Waals surface area contributed by atoms with E-state index < -0.39 is 0 Å². The van der Waals surface area contributed by atoms with Gasteiger partial charge in [-0.3, -0.25) is 9.69 Å². The van der Waals surface area contributed by atoms with Crippen molar-refractivity contribution in [1.82, 2.24) is 10.2 Å². The van der Waals surface area contributed by atoms with Gasteiger partial charge in [-0.05, 0) is 62.4 Å². The van der Waals surface area contributed by atoms with Crippen LogP contribution in [0.15, 0.2) is 41.8 Å². The van der Waals surface area contributed by atoms with Crippen LogP contribution in [-0.2, 0) is 4.74 Å². The molecule has 6 heteroatoms. The minimum atomic E-state index is -0.0799. The molecule has 2 saturated heterocycles. The number of likely N-dealkylation sites (tertiary alicyclic amines) is 1. The van der Waals surface area contributed by atoms with Gasteiger partial charge in [-0.2, -0.15) is 0 Å². The molecule has 0 spiro atoms. The maximum atomic E-state index is 12.9. The Bertz CT molecular complexity index is 753. The third-order valence-electron chi connectivity index (χ3n) is 5.49. The Morgan fingerprint density at radius 2 is 2.07 bits per heavy atom. The summed E-state index contributed by atoms with van der Waals surface area (Å²) in [7, 11) is 0. The lowest BCUT2D eigenvalue weighted by Crippen LogP contribution is -2.36. The fourth-order valence-corrected chi connectivity index (χ4v) is 4.83. The summed E-state index contributed by atoms with van der Waals surface area (Å²) in [6, 6.07) is 12.0. The van der Waals surface area contributed by atoms with E-state index in [0.717, 1.165) is 32.5 Å². The van der Waals surface area contributed by atoms with E-state index in [1.54, 1.807) is 11.3 Å². The minimum Gasteiger partial charge on any atom is -0.490 e. The molecule has 5 nitrogen and oxygen atoms in total. The molecule has 1 amide bonds. The second-order valence-electron chi connectivity index (χ2n) is 7.43. The van der Waals surface area contributed by atoms with Gasteiger partial charge in [-0.1, -0.05) is 18.2 Å². The van der Waals surface area contributed by atoms with Gasteiger partial charge in [0.15, 0.2) is 0 Å². The van der Waals surface area contributed by atoms with Crippen molar-refractivity contribution in [3.8, 4) is 5.75 Å². The smallest absolute Gasteiger partial charge is 0.255 e. The SMILES string of the molecule is O=C(NCC(c1cccs1)N1CCCC1)c1ccccc1OCC1CCCO1. The second kappa shape index (κ2) is 9.54. The van der Waals surface area contributed by atoms with E-state index in [4.69, 9.17) is 9.47 Å². The first-order chi connectivity index (χ1) is 13.8. The largest absolute Gasteiger partial charge is 0.490 e. The van der Waals surface area contributed by atoms with Gasteiger partial charge in [0.25, 0.3) is 5.91 Å². The van der Waals surface area contributed by atoms with Gasteiger partial charge in [0.05, 0.1) is 17.7 Å². The molecular formula is C22H28N2O3S. The fourth-order valence-electron chi connectivity index (χ4n) is 3.97. The van der Waals surface area contributed by atoms with Crippen LogP contribution in [0.3, 0.4) is 0 Å². The third kappa shape index (κ3) is 4.74. The van der Waals surface area contributed by atoms with E-state index >= 15 is 0 Å². The summed E-state index contributed by atoms with van der Waals surface area (Å²) in [4.78, 5) is 16.7. The number of amides is 1. The highest BCUT2D eigenvalue weighted by atomic mass is 32.1. The minimum absolute atomic E-state index is 0.0799. The van der Waals surface area contributed by atoms with Crippen molar-refractivity contribution in [3.05, 3.63) is 52.2 Å². The molecule has 0 bridgehead atoms. The molecule has 28 heavy (non-hydrogen) atoms. The van der Waals surface area contributed by atoms with Crippen LogP contribution in [0.2, 0.25) is 0 Å². The number of para-hydroxylation sites is 1. The number of benzene rings is 1. The lowest BCUT2D eigenvalue weighted by Gasteiger charge is -2.27. The Labute approximate surface area is 170 Å². The van der Waals surface area contributed by atoms with Crippen molar-refractivity contribution in [1.29, 1.82) is 0 Å². The molecule has 0 radical (unpaired) electrons. The number of carbonyl (C=O) groups is 1. The first-order valence-electron chi connectivity index (χ1n) is 10.2. The van der Waals surface area contributed by atoms with Crippen molar-refractivity contribution >= 4 is 17.2 Å². The molecule has 0 aliphatic carbocycles. The quantitative estimate of drug-likeness (QED) is 0.731. The Morgan fingerprint density at radius 3 is 2.82 bits per heavy atom. The molecule has 2 unspecified atom stereocenters. The standard InChI is InChI=1S/C22H28N2O3S/c25-22(18-8-1-2-9-20(18)27-16-17-7-5-13-26-17)23-15-19(21-10-6-14-28-21)24-11-3-4-12-24/h1-2,6,8-10,14,17,19H,3-5,7,11-13,15-16H2,(H,23,25). The van der Waals surface area contributed by atoms with Crippen LogP contribution in [0.4, 0.5) is 0 Å². The second-order valence-corrected chi connectivity index (χ2v) is 8.41. The zero-order valence-corrected chi connectivity index (χ0v) is 17.0. The van der Waals surface area contributed by atoms with Crippen LogP contribution in [0.25, 0.3) is 0 Å². The molecule has 150 valence electrons. The molecule has 2 aliphatic heterocycles. The first kappa shape index (κ1) is 19.4. The summed E-state index contributed by atoms with van der Waals surface area (Å²) < 4.78 is 11.5. The zero-order valence-electron chi connectivity index (χ0n) is 16.1. The van der Waals surface area contributed by atoms with Crippen LogP contribution >= 0.6 is 11.3 Å². The lowest BCUT2D eigenvalue weighted by atomic mass is 10.1. The van der Waals surface area contributed by atoms with Gasteiger partial charge < -0.3 is 14.8 Å². The monoisotopic (exact) mass is 400 g/mol. The van der Waals surface area contributed by atoms with Gasteiger partial charge in [-0.25, -0.2) is 0 Å². The number of hydrogen-bond acceptors (Lipinski definition) is 5. The number of rotatable bonds is 8. The number of hydrogen-bond donors (Lipinski definition) is 1. The first-order valence-corrected chi connectivity index (χ1v) is 11.1. The Hall–Kier alpha value is -1.89. The number of ether oxygens (including phenoxy) is 2. The van der Waals surface area contributed by atoms with E-state index in [-0.39, 0.29) is 18.1 Å². The number of thiophene rings is 1. The predicted molar refractivity (Wildman–Crippen MR) is 111 cm³/mol. The van der Waals surface area contributed by atoms with E-state index in [1.807, 2.05) is 24.3 Å². The summed E-state index contributed by atoms with van der Waals surface area (Å²) in [6.45, 7) is 4.10. The van der Waals surface area contributed by atoms with Crippen LogP contribution in [0.5, 0.6) is 5.75 Å². The van der Waals surface area contributed by atoms with Crippen molar-refractivity contribution in [2.24, 2.45) is 0 Å². The molecule has 2 atom stereocenters. The highest BCUT2D eigenvalue weighted by Gasteiger charge is 2.25. The van der Waals surface area contributed by atoms with Gasteiger partial charge >= 0.3 is 0 Å². The Balaban J connectivity index is 1.39. The Morgan fingerprint density at radius 1 is 1.21 bits per heavy atom. The summed E-state index contributed by atoms with van der Waals surface area (Å²) >= 11 is 1.76. The molecule has 2 aliphatic rings. The van der Waals surface area contributed by atoms with E-state index in [0.29, 0.717) is 24.5 Å². The molecule has 1 aromatic carbocycles. The molecule has 1 N–H and O–H groups in total. The number of carbonyl (C=O) groups excluding carboxylic acids is 1. The molecule has 2 aromatic rings. The van der Waals surface area contributed by atoms with Crippen molar-refractivity contribution in [3.63, 3.8) is 0 Å². The third-order valence-corrected chi connectivity index (χ3v) is 6.46. The van der Waals surface area contributed by atoms with Crippen LogP contribution in [-0.4, -0.2) is 49.8 Å². The fraction of sp³-hybridized carbons (Fsp3) is 0.500. The van der Waals surface area contributed by atoms with E-state index in [1.165, 1.54) is 17.7 Å². The topological polar surface area (TPSA) is 50.8 Å². The van der Waals surface area contributed by atoms with E-state index in [9.17, 15) is 4.79 Å². The van der Waals surface area contributed by atoms with Crippen molar-refractivity contribution in [2.45, 2.75) is 37.8 Å². The zero-order chi connectivity index (χ0) is 19.2. The molecular weight excluding hydrogens is 372 g/mol. The molecule has 4 rings (SSSR count). The highest BCUT2D eigenvalue weighted by molar-refractivity contribution is 7.10. The van der Waals surface area contributed by atoms with Crippen LogP contribution in [0.1, 0.15) is 47.0 Å².